The lowest BCUT2D eigenvalue weighted by Crippen LogP contribution is -2.46. The van der Waals surface area contributed by atoms with Gasteiger partial charge in [-0.3, -0.25) is 4.79 Å². The minimum Gasteiger partial charge on any atom is -0.398 e. The number of aliphatic hydroxyl groups is 1. The summed E-state index contributed by atoms with van der Waals surface area (Å²) in [5.74, 6) is -0.188. The van der Waals surface area contributed by atoms with Crippen molar-refractivity contribution < 1.29 is 9.90 Å². The molecule has 0 bridgehead atoms. The van der Waals surface area contributed by atoms with Crippen LogP contribution in [0.25, 0.3) is 0 Å². The van der Waals surface area contributed by atoms with Crippen molar-refractivity contribution >= 4 is 27.5 Å². The fourth-order valence-electron chi connectivity index (χ4n) is 1.64. The number of benzene rings is 1. The molecule has 1 aromatic carbocycles. The zero-order valence-corrected chi connectivity index (χ0v) is 12.3. The Hall–Kier alpha value is -1.07. The molecule has 1 rings (SSSR count). The van der Waals surface area contributed by atoms with Gasteiger partial charge in [-0.2, -0.15) is 0 Å². The number of amides is 1. The maximum absolute atomic E-state index is 12.2. The van der Waals surface area contributed by atoms with E-state index in [1.54, 1.807) is 18.2 Å². The van der Waals surface area contributed by atoms with Crippen LogP contribution in [0, 0.1) is 0 Å². The molecule has 0 aliphatic rings. The number of aliphatic hydroxyl groups excluding tert-OH is 1. The third kappa shape index (κ3) is 3.46. The summed E-state index contributed by atoms with van der Waals surface area (Å²) in [5.41, 5.74) is 6.38. The first kappa shape index (κ1) is 15.0. The summed E-state index contributed by atoms with van der Waals surface area (Å²) in [5, 5.41) is 12.0. The summed E-state index contributed by atoms with van der Waals surface area (Å²) < 4.78 is 0.602. The average molecular weight is 315 g/mol. The highest BCUT2D eigenvalue weighted by Gasteiger charge is 2.25. The van der Waals surface area contributed by atoms with Crippen LogP contribution in [-0.4, -0.2) is 23.2 Å². The summed E-state index contributed by atoms with van der Waals surface area (Å²) >= 11 is 3.31. The fraction of sp³-hybridized carbons (Fsp3) is 0.462. The lowest BCUT2D eigenvalue weighted by molar-refractivity contribution is 0.0885. The number of hydrogen-bond acceptors (Lipinski definition) is 3. The van der Waals surface area contributed by atoms with Gasteiger partial charge in [-0.25, -0.2) is 0 Å². The molecular formula is C13H19BrN2O2. The molecule has 0 saturated heterocycles. The van der Waals surface area contributed by atoms with Crippen molar-refractivity contribution in [1.29, 1.82) is 0 Å². The molecule has 1 unspecified atom stereocenters. The van der Waals surface area contributed by atoms with Crippen molar-refractivity contribution in [3.63, 3.8) is 0 Å². The van der Waals surface area contributed by atoms with Crippen molar-refractivity contribution in [3.8, 4) is 0 Å². The lowest BCUT2D eigenvalue weighted by atomic mass is 9.94. The van der Waals surface area contributed by atoms with Gasteiger partial charge < -0.3 is 16.2 Å². The molecule has 0 saturated carbocycles. The largest absolute Gasteiger partial charge is 0.398 e. The zero-order chi connectivity index (χ0) is 13.8. The number of halogens is 1. The van der Waals surface area contributed by atoms with Crippen LogP contribution in [-0.2, 0) is 0 Å². The Kier molecular flexibility index (Phi) is 5.16. The Bertz CT molecular complexity index is 437. The van der Waals surface area contributed by atoms with E-state index in [9.17, 15) is 4.79 Å². The van der Waals surface area contributed by atoms with Gasteiger partial charge in [0.15, 0.2) is 0 Å². The van der Waals surface area contributed by atoms with Crippen LogP contribution in [0.3, 0.4) is 0 Å². The molecule has 5 heteroatoms. The van der Waals surface area contributed by atoms with Crippen LogP contribution in [0.2, 0.25) is 0 Å². The first-order valence-corrected chi connectivity index (χ1v) is 6.70. The number of nitrogen functional groups attached to an aromatic ring is 1. The molecule has 4 N–H and O–H groups in total. The third-order valence-electron chi connectivity index (χ3n) is 3.13. The SMILES string of the molecule is CCC(C)(CCO)NC(=O)c1cccc(N)c1Br. The van der Waals surface area contributed by atoms with E-state index in [-0.39, 0.29) is 12.5 Å². The molecule has 0 radical (unpaired) electrons. The Morgan fingerprint density at radius 3 is 2.78 bits per heavy atom. The topological polar surface area (TPSA) is 75.3 Å². The third-order valence-corrected chi connectivity index (χ3v) is 4.02. The Balaban J connectivity index is 2.91. The van der Waals surface area contributed by atoms with Crippen molar-refractivity contribution in [1.82, 2.24) is 5.32 Å². The van der Waals surface area contributed by atoms with Crippen LogP contribution in [0.4, 0.5) is 5.69 Å². The smallest absolute Gasteiger partial charge is 0.252 e. The number of carbonyl (C=O) groups is 1. The van der Waals surface area contributed by atoms with E-state index < -0.39 is 5.54 Å². The number of anilines is 1. The quantitative estimate of drug-likeness (QED) is 0.730. The van der Waals surface area contributed by atoms with Crippen LogP contribution < -0.4 is 11.1 Å². The average Bonchev–Trinajstić information content (AvgIpc) is 2.32. The monoisotopic (exact) mass is 314 g/mol. The number of rotatable bonds is 5. The van der Waals surface area contributed by atoms with Gasteiger partial charge in [0.2, 0.25) is 0 Å². The minimum atomic E-state index is -0.407. The maximum Gasteiger partial charge on any atom is 0.252 e. The maximum atomic E-state index is 12.2. The van der Waals surface area contributed by atoms with Crippen molar-refractivity contribution in [2.24, 2.45) is 0 Å². The lowest BCUT2D eigenvalue weighted by Gasteiger charge is -2.29. The zero-order valence-electron chi connectivity index (χ0n) is 10.7. The summed E-state index contributed by atoms with van der Waals surface area (Å²) in [7, 11) is 0. The second-order valence-electron chi connectivity index (χ2n) is 4.55. The Morgan fingerprint density at radius 1 is 1.56 bits per heavy atom. The number of hydrogen-bond donors (Lipinski definition) is 3. The fourth-order valence-corrected chi connectivity index (χ4v) is 2.09. The van der Waals surface area contributed by atoms with E-state index in [0.29, 0.717) is 22.1 Å². The number of nitrogens with one attached hydrogen (secondary N) is 1. The second kappa shape index (κ2) is 6.20. The molecule has 4 nitrogen and oxygen atoms in total. The van der Waals surface area contributed by atoms with E-state index >= 15 is 0 Å². The summed E-state index contributed by atoms with van der Waals surface area (Å²) in [6.07, 6.45) is 1.27. The van der Waals surface area contributed by atoms with E-state index in [2.05, 4.69) is 21.2 Å². The van der Waals surface area contributed by atoms with E-state index in [4.69, 9.17) is 10.8 Å². The predicted molar refractivity (Wildman–Crippen MR) is 76.4 cm³/mol. The molecule has 0 aromatic heterocycles. The van der Waals surface area contributed by atoms with Crippen LogP contribution in [0.15, 0.2) is 22.7 Å². The first-order chi connectivity index (χ1) is 8.43. The van der Waals surface area contributed by atoms with Crippen LogP contribution >= 0.6 is 15.9 Å². The highest BCUT2D eigenvalue weighted by atomic mass is 79.9. The number of nitrogens with two attached hydrogens (primary N) is 1. The summed E-state index contributed by atoms with van der Waals surface area (Å²) in [6, 6.07) is 5.18. The molecule has 18 heavy (non-hydrogen) atoms. The highest BCUT2D eigenvalue weighted by Crippen LogP contribution is 2.24. The second-order valence-corrected chi connectivity index (χ2v) is 5.34. The molecule has 0 aliphatic carbocycles. The van der Waals surface area contributed by atoms with Gasteiger partial charge >= 0.3 is 0 Å². The molecule has 0 aliphatic heterocycles. The summed E-state index contributed by atoms with van der Waals surface area (Å²) in [4.78, 5) is 12.2. The summed E-state index contributed by atoms with van der Waals surface area (Å²) in [6.45, 7) is 3.94. The molecule has 1 atom stereocenters. The molecule has 0 spiro atoms. The standard InChI is InChI=1S/C13H19BrN2O2/c1-3-13(2,7-8-17)16-12(18)9-5-4-6-10(15)11(9)14/h4-6,17H,3,7-8,15H2,1-2H3,(H,16,18). The van der Waals surface area contributed by atoms with Gasteiger partial charge in [0, 0.05) is 17.8 Å². The van der Waals surface area contributed by atoms with Gasteiger partial charge in [-0.1, -0.05) is 13.0 Å². The highest BCUT2D eigenvalue weighted by molar-refractivity contribution is 9.10. The number of carbonyl (C=O) groups excluding carboxylic acids is 1. The van der Waals surface area contributed by atoms with E-state index in [0.717, 1.165) is 6.42 Å². The van der Waals surface area contributed by atoms with Gasteiger partial charge in [-0.05, 0) is 47.8 Å². The van der Waals surface area contributed by atoms with Gasteiger partial charge in [-0.15, -0.1) is 0 Å². The van der Waals surface area contributed by atoms with Gasteiger partial charge in [0.05, 0.1) is 10.0 Å². The van der Waals surface area contributed by atoms with Gasteiger partial charge in [0.25, 0.3) is 5.91 Å². The minimum absolute atomic E-state index is 0.0444. The van der Waals surface area contributed by atoms with Crippen molar-refractivity contribution in [3.05, 3.63) is 28.2 Å². The molecule has 0 heterocycles. The Labute approximate surface area is 116 Å². The van der Waals surface area contributed by atoms with E-state index in [1.165, 1.54) is 0 Å². The van der Waals surface area contributed by atoms with E-state index in [1.807, 2.05) is 13.8 Å². The molecular weight excluding hydrogens is 296 g/mol. The molecule has 0 fully saturated rings. The van der Waals surface area contributed by atoms with Gasteiger partial charge in [0.1, 0.15) is 0 Å². The molecule has 1 amide bonds. The van der Waals surface area contributed by atoms with Crippen molar-refractivity contribution in [2.75, 3.05) is 12.3 Å². The van der Waals surface area contributed by atoms with Crippen LogP contribution in [0.5, 0.6) is 0 Å². The molecule has 1 aromatic rings. The van der Waals surface area contributed by atoms with Crippen molar-refractivity contribution in [2.45, 2.75) is 32.2 Å². The predicted octanol–water partition coefficient (Wildman–Crippen LogP) is 2.31. The molecule has 100 valence electrons. The Morgan fingerprint density at radius 2 is 2.22 bits per heavy atom. The normalized spacial score (nSPS) is 14.0. The first-order valence-electron chi connectivity index (χ1n) is 5.91. The van der Waals surface area contributed by atoms with Crippen LogP contribution in [0.1, 0.15) is 37.0 Å².